The molecule has 2 N–H and O–H groups in total. The van der Waals surface area contributed by atoms with E-state index in [0.717, 1.165) is 5.69 Å². The first kappa shape index (κ1) is 15.4. The van der Waals surface area contributed by atoms with Crippen LogP contribution in [0.1, 0.15) is 12.6 Å². The van der Waals surface area contributed by atoms with Crippen LogP contribution in [0.3, 0.4) is 0 Å². The molecular formula is C13H21N3O3S. The Morgan fingerprint density at radius 3 is 2.95 bits per heavy atom. The molecule has 0 aliphatic carbocycles. The molecule has 1 saturated heterocycles. The number of hydrogen-bond donors (Lipinski definition) is 1. The third kappa shape index (κ3) is 3.76. The smallest absolute Gasteiger partial charge is 0.214 e. The van der Waals surface area contributed by atoms with Crippen LogP contribution in [0.5, 0.6) is 0 Å². The lowest BCUT2D eigenvalue weighted by atomic mass is 10.2. The van der Waals surface area contributed by atoms with Gasteiger partial charge in [0.2, 0.25) is 10.0 Å². The van der Waals surface area contributed by atoms with Crippen molar-refractivity contribution in [3.05, 3.63) is 30.1 Å². The summed E-state index contributed by atoms with van der Waals surface area (Å²) in [5.41, 5.74) is 6.35. The minimum absolute atomic E-state index is 0.0612. The first-order valence-electron chi connectivity index (χ1n) is 6.74. The van der Waals surface area contributed by atoms with Crippen molar-refractivity contribution in [3.8, 4) is 0 Å². The molecule has 0 amide bonds. The van der Waals surface area contributed by atoms with Crippen molar-refractivity contribution in [2.45, 2.75) is 25.5 Å². The molecule has 2 unspecified atom stereocenters. The van der Waals surface area contributed by atoms with Gasteiger partial charge in [0.1, 0.15) is 0 Å². The Balaban J connectivity index is 2.01. The van der Waals surface area contributed by atoms with Crippen LogP contribution in [-0.2, 0) is 21.2 Å². The van der Waals surface area contributed by atoms with Gasteiger partial charge in [-0.15, -0.1) is 0 Å². The minimum atomic E-state index is -3.32. The molecule has 2 heterocycles. The summed E-state index contributed by atoms with van der Waals surface area (Å²) in [4.78, 5) is 4.15. The fourth-order valence-electron chi connectivity index (χ4n) is 2.22. The largest absolute Gasteiger partial charge is 0.374 e. The monoisotopic (exact) mass is 299 g/mol. The van der Waals surface area contributed by atoms with Gasteiger partial charge in [-0.3, -0.25) is 4.98 Å². The normalized spacial score (nSPS) is 24.7. The van der Waals surface area contributed by atoms with Gasteiger partial charge in [0.15, 0.2) is 0 Å². The van der Waals surface area contributed by atoms with E-state index in [1.54, 1.807) is 6.20 Å². The molecule has 2 atom stereocenters. The molecule has 6 nitrogen and oxygen atoms in total. The van der Waals surface area contributed by atoms with E-state index in [-0.39, 0.29) is 17.9 Å². The highest BCUT2D eigenvalue weighted by atomic mass is 32.2. The maximum Gasteiger partial charge on any atom is 0.214 e. The molecule has 20 heavy (non-hydrogen) atoms. The Morgan fingerprint density at radius 1 is 1.50 bits per heavy atom. The van der Waals surface area contributed by atoms with E-state index >= 15 is 0 Å². The quantitative estimate of drug-likeness (QED) is 0.827. The van der Waals surface area contributed by atoms with Crippen LogP contribution < -0.4 is 5.73 Å². The predicted molar refractivity (Wildman–Crippen MR) is 76.7 cm³/mol. The van der Waals surface area contributed by atoms with Crippen LogP contribution in [-0.4, -0.2) is 55.3 Å². The summed E-state index contributed by atoms with van der Waals surface area (Å²) in [7, 11) is -3.32. The second-order valence-corrected chi connectivity index (χ2v) is 7.04. The molecule has 1 aromatic heterocycles. The summed E-state index contributed by atoms with van der Waals surface area (Å²) >= 11 is 0. The summed E-state index contributed by atoms with van der Waals surface area (Å²) < 4.78 is 31.9. The number of sulfonamides is 1. The van der Waals surface area contributed by atoms with E-state index in [1.807, 2.05) is 25.1 Å². The second kappa shape index (κ2) is 6.62. The van der Waals surface area contributed by atoms with Gasteiger partial charge in [0, 0.05) is 37.4 Å². The van der Waals surface area contributed by atoms with E-state index < -0.39 is 10.0 Å². The van der Waals surface area contributed by atoms with Crippen molar-refractivity contribution >= 4 is 10.0 Å². The molecule has 0 saturated carbocycles. The predicted octanol–water partition coefficient (Wildman–Crippen LogP) is 0.00190. The molecule has 1 aliphatic heterocycles. The fraction of sp³-hybridized carbons (Fsp3) is 0.615. The van der Waals surface area contributed by atoms with Gasteiger partial charge in [0.25, 0.3) is 0 Å². The van der Waals surface area contributed by atoms with Gasteiger partial charge in [0.05, 0.1) is 18.5 Å². The Kier molecular flexibility index (Phi) is 5.09. The zero-order valence-corrected chi connectivity index (χ0v) is 12.4. The van der Waals surface area contributed by atoms with Gasteiger partial charge in [-0.2, -0.15) is 4.31 Å². The van der Waals surface area contributed by atoms with Crippen LogP contribution in [0.2, 0.25) is 0 Å². The summed E-state index contributed by atoms with van der Waals surface area (Å²) in [5.74, 6) is 0.0612. The lowest BCUT2D eigenvalue weighted by Crippen LogP contribution is -2.53. The molecule has 2 rings (SSSR count). The topological polar surface area (TPSA) is 85.5 Å². The SMILES string of the molecule is CC1COC(CN)CN1S(=O)(=O)CCc1ccccn1. The average molecular weight is 299 g/mol. The molecule has 0 aromatic carbocycles. The Bertz CT molecular complexity index is 521. The summed E-state index contributed by atoms with van der Waals surface area (Å²) in [6.45, 7) is 2.91. The van der Waals surface area contributed by atoms with Crippen LogP contribution in [0.15, 0.2) is 24.4 Å². The lowest BCUT2D eigenvalue weighted by Gasteiger charge is -2.36. The van der Waals surface area contributed by atoms with Crippen molar-refractivity contribution in [2.24, 2.45) is 5.73 Å². The molecule has 0 bridgehead atoms. The number of pyridine rings is 1. The van der Waals surface area contributed by atoms with Gasteiger partial charge < -0.3 is 10.5 Å². The van der Waals surface area contributed by atoms with E-state index in [0.29, 0.717) is 26.1 Å². The maximum absolute atomic E-state index is 12.4. The first-order chi connectivity index (χ1) is 9.53. The Morgan fingerprint density at radius 2 is 2.30 bits per heavy atom. The van der Waals surface area contributed by atoms with Crippen LogP contribution in [0.4, 0.5) is 0 Å². The van der Waals surface area contributed by atoms with Crippen LogP contribution in [0.25, 0.3) is 0 Å². The van der Waals surface area contributed by atoms with Gasteiger partial charge in [-0.05, 0) is 19.1 Å². The maximum atomic E-state index is 12.4. The molecule has 1 aliphatic rings. The number of aromatic nitrogens is 1. The number of morpholine rings is 1. The fourth-order valence-corrected chi connectivity index (χ4v) is 3.92. The Labute approximate surface area is 120 Å². The highest BCUT2D eigenvalue weighted by Gasteiger charge is 2.33. The number of rotatable bonds is 5. The average Bonchev–Trinajstić information content (AvgIpc) is 2.47. The first-order valence-corrected chi connectivity index (χ1v) is 8.35. The second-order valence-electron chi connectivity index (χ2n) is 5.00. The summed E-state index contributed by atoms with van der Waals surface area (Å²) in [6, 6.07) is 5.36. The molecule has 0 spiro atoms. The summed E-state index contributed by atoms with van der Waals surface area (Å²) in [5, 5.41) is 0. The van der Waals surface area contributed by atoms with Gasteiger partial charge >= 0.3 is 0 Å². The molecule has 1 aromatic rings. The number of nitrogens with zero attached hydrogens (tertiary/aromatic N) is 2. The van der Waals surface area contributed by atoms with Crippen molar-refractivity contribution in [1.29, 1.82) is 0 Å². The third-order valence-corrected chi connectivity index (χ3v) is 5.35. The van der Waals surface area contributed by atoms with E-state index in [1.165, 1.54) is 4.31 Å². The number of nitrogens with two attached hydrogens (primary N) is 1. The third-order valence-electron chi connectivity index (χ3n) is 3.41. The molecule has 1 fully saturated rings. The molecule has 112 valence electrons. The zero-order chi connectivity index (χ0) is 14.6. The summed E-state index contributed by atoms with van der Waals surface area (Å²) in [6.07, 6.45) is 1.88. The number of ether oxygens (including phenoxy) is 1. The van der Waals surface area contributed by atoms with Crippen molar-refractivity contribution in [3.63, 3.8) is 0 Å². The van der Waals surface area contributed by atoms with Crippen LogP contribution >= 0.6 is 0 Å². The van der Waals surface area contributed by atoms with E-state index in [4.69, 9.17) is 10.5 Å². The number of hydrogen-bond acceptors (Lipinski definition) is 5. The molecule has 0 radical (unpaired) electrons. The zero-order valence-electron chi connectivity index (χ0n) is 11.6. The van der Waals surface area contributed by atoms with E-state index in [9.17, 15) is 8.42 Å². The minimum Gasteiger partial charge on any atom is -0.374 e. The lowest BCUT2D eigenvalue weighted by molar-refractivity contribution is -0.0219. The molecule has 7 heteroatoms. The van der Waals surface area contributed by atoms with Crippen molar-refractivity contribution in [2.75, 3.05) is 25.4 Å². The highest BCUT2D eigenvalue weighted by molar-refractivity contribution is 7.89. The highest BCUT2D eigenvalue weighted by Crippen LogP contribution is 2.16. The van der Waals surface area contributed by atoms with E-state index in [2.05, 4.69) is 4.98 Å². The molecular weight excluding hydrogens is 278 g/mol. The van der Waals surface area contributed by atoms with Gasteiger partial charge in [-0.1, -0.05) is 6.07 Å². The number of aryl methyl sites for hydroxylation is 1. The van der Waals surface area contributed by atoms with Crippen molar-refractivity contribution in [1.82, 2.24) is 9.29 Å². The van der Waals surface area contributed by atoms with Crippen molar-refractivity contribution < 1.29 is 13.2 Å². The van der Waals surface area contributed by atoms with Gasteiger partial charge in [-0.25, -0.2) is 8.42 Å². The van der Waals surface area contributed by atoms with Crippen LogP contribution in [0, 0.1) is 0 Å². The standard InChI is InChI=1S/C13H21N3O3S/c1-11-10-19-13(8-14)9-16(11)20(17,18)7-5-12-4-2-3-6-15-12/h2-4,6,11,13H,5,7-10,14H2,1H3. The Hall–Kier alpha value is -1.02.